The third-order valence-electron chi connectivity index (χ3n) is 0. The van der Waals surface area contributed by atoms with Gasteiger partial charge in [0.05, 0.1) is 0 Å². The molecule has 0 amide bonds. The molecule has 0 N–H and O–H groups in total. The van der Waals surface area contributed by atoms with Gasteiger partial charge in [0, 0.05) is 0 Å². The van der Waals surface area contributed by atoms with Crippen LogP contribution in [0.3, 0.4) is 0 Å². The summed E-state index contributed by atoms with van der Waals surface area (Å²) < 4.78 is 0. The van der Waals surface area contributed by atoms with Crippen LogP contribution in [0, 0.1) is 0 Å². The van der Waals surface area contributed by atoms with Crippen molar-refractivity contribution in [3.05, 3.63) is 0 Å². The monoisotopic (exact) mass is 129 g/mol. The predicted octanol–water partition coefficient (Wildman–Crippen LogP) is 2.17. The molecule has 0 saturated carbocycles. The van der Waals surface area contributed by atoms with Gasteiger partial charge < -0.3 is 0 Å². The summed E-state index contributed by atoms with van der Waals surface area (Å²) in [7, 11) is 0. The quantitative estimate of drug-likeness (QED) is 0.440. The fourth-order valence-corrected chi connectivity index (χ4v) is 0. The number of hydrogen-bond acceptors (Lipinski definition) is 0. The van der Waals surface area contributed by atoms with Gasteiger partial charge in [0.25, 0.3) is 0 Å². The molecule has 0 saturated heterocycles. The Morgan fingerprint density at radius 1 is 1.00 bits per heavy atom. The van der Waals surface area contributed by atoms with E-state index in [1.54, 1.807) is 0 Å². The van der Waals surface area contributed by atoms with Crippen LogP contribution in [0.1, 0.15) is 0 Å². The first-order valence-corrected chi connectivity index (χ1v) is 6.18. The molecule has 0 aliphatic carbocycles. The van der Waals surface area contributed by atoms with Gasteiger partial charge in [-0.25, -0.2) is 0 Å². The summed E-state index contributed by atoms with van der Waals surface area (Å²) in [6.07, 6.45) is 0. The molecule has 0 bridgehead atoms. The average Bonchev–Trinajstić information content (AvgIpc) is 0.811. The van der Waals surface area contributed by atoms with Crippen LogP contribution in [0.15, 0.2) is 0 Å². The van der Waals surface area contributed by atoms with Crippen molar-refractivity contribution in [3.63, 3.8) is 0 Å². The van der Waals surface area contributed by atoms with Crippen molar-refractivity contribution in [2.75, 3.05) is 0 Å². The summed E-state index contributed by atoms with van der Waals surface area (Å²) >= 11 is -0.333. The molecule has 0 fully saturated rings. The van der Waals surface area contributed by atoms with Gasteiger partial charge >= 0.3 is 33.6 Å². The van der Waals surface area contributed by atoms with Gasteiger partial charge in [0.15, 0.2) is 0 Å². The minimum atomic E-state index is -0.333. The number of rotatable bonds is 0. The Kier molecular flexibility index (Phi) is 9.39. The maximum absolute atomic E-state index is 2.33. The van der Waals surface area contributed by atoms with Gasteiger partial charge in [-0.1, -0.05) is 0 Å². The zero-order valence-corrected chi connectivity index (χ0v) is 6.29. The van der Waals surface area contributed by atoms with Crippen molar-refractivity contribution in [1.82, 2.24) is 0 Å². The third kappa shape index (κ3) is 44.8. The van der Waals surface area contributed by atoms with Crippen molar-refractivity contribution in [2.45, 2.75) is 15.7 Å². The molecular formula is C3H10ClTi. The van der Waals surface area contributed by atoms with Crippen molar-refractivity contribution in [1.29, 1.82) is 0 Å². The first-order valence-electron chi connectivity index (χ1n) is 1.50. The van der Waals surface area contributed by atoms with E-state index in [0.717, 1.165) is 0 Å². The SMILES string of the molecule is Cl.[CH3][Ti]([CH3])[CH3]. The summed E-state index contributed by atoms with van der Waals surface area (Å²) in [4.78, 5) is 0. The average molecular weight is 129 g/mol. The molecule has 0 atom stereocenters. The molecule has 0 nitrogen and oxygen atoms in total. The van der Waals surface area contributed by atoms with E-state index < -0.39 is 0 Å². The van der Waals surface area contributed by atoms with E-state index in [1.165, 1.54) is 0 Å². The van der Waals surface area contributed by atoms with Gasteiger partial charge in [0.2, 0.25) is 0 Å². The summed E-state index contributed by atoms with van der Waals surface area (Å²) in [5.74, 6) is 0. The van der Waals surface area contributed by atoms with Gasteiger partial charge in [-0.2, -0.15) is 0 Å². The molecule has 2 heteroatoms. The van der Waals surface area contributed by atoms with Crippen LogP contribution >= 0.6 is 12.4 Å². The van der Waals surface area contributed by atoms with Crippen LogP contribution in [0.4, 0.5) is 0 Å². The zero-order valence-electron chi connectivity index (χ0n) is 3.91. The normalized spacial score (nSPS) is 5.40. The van der Waals surface area contributed by atoms with Gasteiger partial charge in [0.1, 0.15) is 0 Å². The minimum absolute atomic E-state index is 0. The summed E-state index contributed by atoms with van der Waals surface area (Å²) in [5.41, 5.74) is 0. The molecule has 33 valence electrons. The van der Waals surface area contributed by atoms with Crippen LogP contribution in [0.25, 0.3) is 0 Å². The second kappa shape index (κ2) is 5.00. The second-order valence-corrected chi connectivity index (χ2v) is 6.18. The molecule has 0 aromatic rings. The van der Waals surface area contributed by atoms with Crippen LogP contribution in [0.2, 0.25) is 15.7 Å². The number of hydrogen-bond donors (Lipinski definition) is 0. The summed E-state index contributed by atoms with van der Waals surface area (Å²) in [6, 6.07) is 0. The van der Waals surface area contributed by atoms with Crippen LogP contribution in [-0.4, -0.2) is 0 Å². The molecule has 0 aliphatic heterocycles. The summed E-state index contributed by atoms with van der Waals surface area (Å²) in [6.45, 7) is 0. The Bertz CT molecular complexity index is 11.6. The van der Waals surface area contributed by atoms with Gasteiger partial charge in [-0.15, -0.1) is 12.4 Å². The Labute approximate surface area is 46.2 Å². The van der Waals surface area contributed by atoms with E-state index in [2.05, 4.69) is 15.7 Å². The van der Waals surface area contributed by atoms with Crippen LogP contribution in [-0.2, 0) is 17.9 Å². The Balaban J connectivity index is 0. The van der Waals surface area contributed by atoms with Crippen molar-refractivity contribution in [2.24, 2.45) is 0 Å². The molecule has 5 heavy (non-hydrogen) atoms. The van der Waals surface area contributed by atoms with E-state index in [4.69, 9.17) is 0 Å². The molecule has 0 aliphatic rings. The molecular weight excluding hydrogens is 119 g/mol. The molecule has 0 aromatic heterocycles. The van der Waals surface area contributed by atoms with E-state index in [0.29, 0.717) is 0 Å². The topological polar surface area (TPSA) is 0 Å². The molecule has 0 heterocycles. The molecule has 0 spiro atoms. The molecule has 0 unspecified atom stereocenters. The molecule has 0 radical (unpaired) electrons. The Morgan fingerprint density at radius 2 is 1.00 bits per heavy atom. The first-order chi connectivity index (χ1) is 1.73. The van der Waals surface area contributed by atoms with E-state index in [1.807, 2.05) is 0 Å². The van der Waals surface area contributed by atoms with E-state index >= 15 is 0 Å². The predicted molar refractivity (Wildman–Crippen MR) is 24.8 cm³/mol. The zero-order chi connectivity index (χ0) is 3.58. The van der Waals surface area contributed by atoms with Crippen molar-refractivity contribution < 1.29 is 17.9 Å². The first kappa shape index (κ1) is 9.38. The molecule has 0 rings (SSSR count). The van der Waals surface area contributed by atoms with Crippen LogP contribution in [0.5, 0.6) is 0 Å². The third-order valence-corrected chi connectivity index (χ3v) is 0. The van der Waals surface area contributed by atoms with Crippen LogP contribution < -0.4 is 0 Å². The fourth-order valence-electron chi connectivity index (χ4n) is 0. The standard InChI is InChI=1S/3CH3.ClH.Ti/h3*1H3;1H;. The Hall–Kier alpha value is 1.00. The summed E-state index contributed by atoms with van der Waals surface area (Å²) in [5, 5.41) is 7.00. The van der Waals surface area contributed by atoms with E-state index in [-0.39, 0.29) is 30.3 Å². The molecule has 0 aromatic carbocycles. The second-order valence-electron chi connectivity index (χ2n) is 1.50. The van der Waals surface area contributed by atoms with Crippen molar-refractivity contribution >= 4 is 12.4 Å². The van der Waals surface area contributed by atoms with Gasteiger partial charge in [-0.05, 0) is 0 Å². The van der Waals surface area contributed by atoms with Crippen molar-refractivity contribution in [3.8, 4) is 0 Å². The maximum atomic E-state index is 2.33. The van der Waals surface area contributed by atoms with Gasteiger partial charge in [-0.3, -0.25) is 0 Å². The Morgan fingerprint density at radius 3 is 1.00 bits per heavy atom. The van der Waals surface area contributed by atoms with E-state index in [9.17, 15) is 0 Å². The number of halogens is 1. The fraction of sp³-hybridized carbons (Fsp3) is 1.00.